The van der Waals surface area contributed by atoms with E-state index in [1.54, 1.807) is 7.05 Å². The number of nitrogens with zero attached hydrogens (tertiary/aromatic N) is 3. The molecule has 0 fully saturated rings. The van der Waals surface area contributed by atoms with E-state index in [0.717, 1.165) is 6.54 Å². The summed E-state index contributed by atoms with van der Waals surface area (Å²) in [5.41, 5.74) is 5.54. The van der Waals surface area contributed by atoms with Gasteiger partial charge in [0.25, 0.3) is 0 Å². The maximum absolute atomic E-state index is 8.31. The summed E-state index contributed by atoms with van der Waals surface area (Å²) in [5.74, 6) is 0.503. The Hall–Kier alpha value is -1.24. The minimum atomic E-state index is 0.490. The van der Waals surface area contributed by atoms with E-state index in [4.69, 9.17) is 11.0 Å². The van der Waals surface area contributed by atoms with Gasteiger partial charge in [-0.1, -0.05) is 0 Å². The number of hydrogen-bond acceptors (Lipinski definition) is 2. The van der Waals surface area contributed by atoms with Gasteiger partial charge in [-0.2, -0.15) is 5.26 Å². The summed E-state index contributed by atoms with van der Waals surface area (Å²) in [6.07, 6.45) is 0.490. The van der Waals surface area contributed by atoms with E-state index in [9.17, 15) is 0 Å². The van der Waals surface area contributed by atoms with Crippen molar-refractivity contribution < 1.29 is 0 Å². The molecule has 0 radical (unpaired) electrons. The van der Waals surface area contributed by atoms with Gasteiger partial charge in [0.2, 0.25) is 0 Å². The standard InChI is InChI=1S/C7H14N4/c1-3-11(6-4-5-8)7(9)10-2/h3-4,6H2,1-2H3,(H2,9,10). The lowest BCUT2D eigenvalue weighted by Crippen LogP contribution is -2.37. The van der Waals surface area contributed by atoms with Gasteiger partial charge in [0.05, 0.1) is 12.5 Å². The first kappa shape index (κ1) is 9.76. The van der Waals surface area contributed by atoms with Gasteiger partial charge in [0.15, 0.2) is 5.96 Å². The fraction of sp³-hybridized carbons (Fsp3) is 0.714. The molecule has 0 bridgehead atoms. The minimum absolute atomic E-state index is 0.490. The molecule has 62 valence electrons. The van der Waals surface area contributed by atoms with Crippen LogP contribution in [0.25, 0.3) is 0 Å². The molecular weight excluding hydrogens is 140 g/mol. The molecule has 0 aromatic rings. The Morgan fingerprint density at radius 3 is 2.73 bits per heavy atom. The Balaban J connectivity index is 3.87. The topological polar surface area (TPSA) is 65.4 Å². The molecule has 0 saturated carbocycles. The lowest BCUT2D eigenvalue weighted by Gasteiger charge is -2.19. The summed E-state index contributed by atoms with van der Waals surface area (Å²) in [5, 5.41) is 8.31. The van der Waals surface area contributed by atoms with Crippen LogP contribution in [0.4, 0.5) is 0 Å². The average molecular weight is 154 g/mol. The number of nitriles is 1. The predicted molar refractivity (Wildman–Crippen MR) is 45.0 cm³/mol. The zero-order valence-electron chi connectivity index (χ0n) is 7.04. The molecular formula is C7H14N4. The van der Waals surface area contributed by atoms with Crippen molar-refractivity contribution in [1.29, 1.82) is 5.26 Å². The smallest absolute Gasteiger partial charge is 0.190 e. The fourth-order valence-electron chi connectivity index (χ4n) is 0.761. The quantitative estimate of drug-likeness (QED) is 0.465. The fourth-order valence-corrected chi connectivity index (χ4v) is 0.761. The second-order valence-corrected chi connectivity index (χ2v) is 2.07. The predicted octanol–water partition coefficient (Wildman–Crippen LogP) is 0.166. The highest BCUT2D eigenvalue weighted by molar-refractivity contribution is 5.77. The van der Waals surface area contributed by atoms with Crippen molar-refractivity contribution in [3.8, 4) is 6.07 Å². The first-order chi connectivity index (χ1) is 5.26. The summed E-state index contributed by atoms with van der Waals surface area (Å²) in [6.45, 7) is 3.44. The largest absolute Gasteiger partial charge is 0.370 e. The molecule has 0 aliphatic rings. The van der Waals surface area contributed by atoms with Gasteiger partial charge in [0, 0.05) is 20.1 Å². The minimum Gasteiger partial charge on any atom is -0.370 e. The summed E-state index contributed by atoms with van der Waals surface area (Å²) in [4.78, 5) is 5.69. The van der Waals surface area contributed by atoms with Crippen LogP contribution >= 0.6 is 0 Å². The van der Waals surface area contributed by atoms with Crippen LogP contribution in [0, 0.1) is 11.3 Å². The molecule has 0 rings (SSSR count). The van der Waals surface area contributed by atoms with Gasteiger partial charge >= 0.3 is 0 Å². The van der Waals surface area contributed by atoms with Gasteiger partial charge in [-0.15, -0.1) is 0 Å². The molecule has 0 saturated heterocycles. The molecule has 2 N–H and O–H groups in total. The maximum atomic E-state index is 8.31. The average Bonchev–Trinajstić information content (AvgIpc) is 2.05. The molecule has 0 aliphatic carbocycles. The van der Waals surface area contributed by atoms with Gasteiger partial charge in [-0.3, -0.25) is 4.99 Å². The van der Waals surface area contributed by atoms with Crippen molar-refractivity contribution >= 4 is 5.96 Å². The Labute approximate surface area is 67.3 Å². The van der Waals surface area contributed by atoms with E-state index in [-0.39, 0.29) is 0 Å². The van der Waals surface area contributed by atoms with Crippen LogP contribution in [-0.4, -0.2) is 31.0 Å². The van der Waals surface area contributed by atoms with Crippen LogP contribution in [0.5, 0.6) is 0 Å². The number of nitrogens with two attached hydrogens (primary N) is 1. The van der Waals surface area contributed by atoms with E-state index >= 15 is 0 Å². The van der Waals surface area contributed by atoms with Crippen LogP contribution in [0.15, 0.2) is 4.99 Å². The molecule has 0 unspecified atom stereocenters. The Morgan fingerprint density at radius 1 is 1.73 bits per heavy atom. The van der Waals surface area contributed by atoms with Crippen molar-refractivity contribution in [2.75, 3.05) is 20.1 Å². The van der Waals surface area contributed by atoms with Crippen molar-refractivity contribution in [3.63, 3.8) is 0 Å². The molecule has 0 aliphatic heterocycles. The highest BCUT2D eigenvalue weighted by Gasteiger charge is 2.02. The number of rotatable bonds is 3. The summed E-state index contributed by atoms with van der Waals surface area (Å²) in [7, 11) is 1.64. The third kappa shape index (κ3) is 3.46. The molecule has 0 aromatic carbocycles. The van der Waals surface area contributed by atoms with Crippen molar-refractivity contribution in [2.24, 2.45) is 10.7 Å². The normalized spacial score (nSPS) is 10.8. The van der Waals surface area contributed by atoms with E-state index in [1.807, 2.05) is 11.8 Å². The third-order valence-electron chi connectivity index (χ3n) is 1.43. The van der Waals surface area contributed by atoms with Crippen LogP contribution in [0.1, 0.15) is 13.3 Å². The van der Waals surface area contributed by atoms with E-state index < -0.39 is 0 Å². The van der Waals surface area contributed by atoms with Gasteiger partial charge in [0.1, 0.15) is 0 Å². The lowest BCUT2D eigenvalue weighted by atomic mass is 10.4. The van der Waals surface area contributed by atoms with Gasteiger partial charge in [-0.25, -0.2) is 0 Å². The van der Waals surface area contributed by atoms with Crippen molar-refractivity contribution in [3.05, 3.63) is 0 Å². The molecule has 0 heterocycles. The summed E-state index contributed by atoms with van der Waals surface area (Å²) < 4.78 is 0. The Morgan fingerprint density at radius 2 is 2.36 bits per heavy atom. The van der Waals surface area contributed by atoms with Crippen LogP contribution in [0.3, 0.4) is 0 Å². The zero-order chi connectivity index (χ0) is 8.69. The first-order valence-corrected chi connectivity index (χ1v) is 3.60. The van der Waals surface area contributed by atoms with Gasteiger partial charge in [-0.05, 0) is 6.92 Å². The second kappa shape index (κ2) is 5.54. The number of guanidine groups is 1. The van der Waals surface area contributed by atoms with Crippen LogP contribution in [0.2, 0.25) is 0 Å². The Bertz CT molecular complexity index is 168. The van der Waals surface area contributed by atoms with Crippen LogP contribution < -0.4 is 5.73 Å². The zero-order valence-corrected chi connectivity index (χ0v) is 7.04. The third-order valence-corrected chi connectivity index (χ3v) is 1.43. The highest BCUT2D eigenvalue weighted by atomic mass is 15.2. The molecule has 11 heavy (non-hydrogen) atoms. The second-order valence-electron chi connectivity index (χ2n) is 2.07. The molecule has 0 amide bonds. The van der Waals surface area contributed by atoms with Crippen molar-refractivity contribution in [2.45, 2.75) is 13.3 Å². The van der Waals surface area contributed by atoms with E-state index in [2.05, 4.69) is 11.1 Å². The molecule has 0 aromatic heterocycles. The van der Waals surface area contributed by atoms with Crippen molar-refractivity contribution in [1.82, 2.24) is 4.90 Å². The Kier molecular flexibility index (Phi) is 4.91. The summed E-state index contributed by atoms with van der Waals surface area (Å²) in [6, 6.07) is 2.06. The summed E-state index contributed by atoms with van der Waals surface area (Å²) >= 11 is 0. The molecule has 4 nitrogen and oxygen atoms in total. The highest BCUT2D eigenvalue weighted by Crippen LogP contribution is 1.89. The first-order valence-electron chi connectivity index (χ1n) is 3.60. The monoisotopic (exact) mass is 154 g/mol. The maximum Gasteiger partial charge on any atom is 0.190 e. The van der Waals surface area contributed by atoms with E-state index in [1.165, 1.54) is 0 Å². The van der Waals surface area contributed by atoms with Gasteiger partial charge < -0.3 is 10.6 Å². The lowest BCUT2D eigenvalue weighted by molar-refractivity contribution is 0.445. The molecule has 0 spiro atoms. The SMILES string of the molecule is CCN(CCC#N)C(N)=NC. The van der Waals surface area contributed by atoms with Crippen LogP contribution in [-0.2, 0) is 0 Å². The molecule has 4 heteroatoms. The molecule has 0 atom stereocenters. The van der Waals surface area contributed by atoms with E-state index in [0.29, 0.717) is 18.9 Å². The number of aliphatic imine (C=N–C) groups is 1. The number of hydrogen-bond donors (Lipinski definition) is 1.